The standard InChI is InChI=1S/C31H37N3O8/c1-7-31(8-2)40-25-20(39-21(26(25)41-31)14-32-29(37)42-30(3,4)5)12-15-11-18-23(28(36)34-27(18)35)22-17-13-16(38-6)9-10-19(17)33-24(15)22/h9-11,13,20-21,25-26,33H,7-8,12,14H2,1-6H3,(H,32,37)(H,34,35,36)/t20-,21+,25-,26+/m0/s1. The number of carbonyl (C=O) groups excluding carboxylic acids is 3. The van der Waals surface area contributed by atoms with Crippen LogP contribution in [0.1, 0.15) is 73.7 Å². The minimum atomic E-state index is -0.751. The van der Waals surface area contributed by atoms with Crippen LogP contribution >= 0.6 is 0 Å². The lowest BCUT2D eigenvalue weighted by Gasteiger charge is -2.29. The van der Waals surface area contributed by atoms with Gasteiger partial charge in [0.2, 0.25) is 0 Å². The number of benzene rings is 2. The molecule has 0 bridgehead atoms. The molecule has 3 amide bonds. The first-order valence-electron chi connectivity index (χ1n) is 14.4. The van der Waals surface area contributed by atoms with Crippen molar-refractivity contribution in [3.63, 3.8) is 0 Å². The van der Waals surface area contributed by atoms with Gasteiger partial charge in [-0.25, -0.2) is 4.79 Å². The highest BCUT2D eigenvalue weighted by atomic mass is 16.8. The predicted molar refractivity (Wildman–Crippen MR) is 154 cm³/mol. The molecule has 4 atom stereocenters. The van der Waals surface area contributed by atoms with Gasteiger partial charge < -0.3 is 34.0 Å². The third-order valence-electron chi connectivity index (χ3n) is 8.32. The summed E-state index contributed by atoms with van der Waals surface area (Å²) in [4.78, 5) is 41.6. The highest BCUT2D eigenvalue weighted by molar-refractivity contribution is 6.30. The van der Waals surface area contributed by atoms with Gasteiger partial charge in [-0.15, -0.1) is 0 Å². The lowest BCUT2D eigenvalue weighted by Crippen LogP contribution is -2.42. The van der Waals surface area contributed by atoms with Gasteiger partial charge >= 0.3 is 6.09 Å². The Morgan fingerprint density at radius 3 is 2.43 bits per heavy atom. The van der Waals surface area contributed by atoms with Crippen molar-refractivity contribution >= 4 is 39.7 Å². The van der Waals surface area contributed by atoms with Gasteiger partial charge in [0, 0.05) is 29.3 Å². The van der Waals surface area contributed by atoms with Crippen molar-refractivity contribution in [3.05, 3.63) is 41.0 Å². The van der Waals surface area contributed by atoms with Crippen LogP contribution in [-0.2, 0) is 25.4 Å². The Labute approximate surface area is 243 Å². The molecule has 0 unspecified atom stereocenters. The molecule has 0 saturated carbocycles. The number of hydrogen-bond donors (Lipinski definition) is 3. The summed E-state index contributed by atoms with van der Waals surface area (Å²) in [6.07, 6.45) is -0.574. The summed E-state index contributed by atoms with van der Waals surface area (Å²) in [6, 6.07) is 7.36. The van der Waals surface area contributed by atoms with Crippen molar-refractivity contribution in [1.82, 2.24) is 15.6 Å². The predicted octanol–water partition coefficient (Wildman–Crippen LogP) is 4.35. The first-order valence-corrected chi connectivity index (χ1v) is 14.4. The van der Waals surface area contributed by atoms with E-state index in [0.29, 0.717) is 41.5 Å². The molecule has 2 fully saturated rings. The topological polar surface area (TPSA) is 137 Å². The molecule has 11 heteroatoms. The van der Waals surface area contributed by atoms with Gasteiger partial charge in [0.25, 0.3) is 11.8 Å². The maximum Gasteiger partial charge on any atom is 0.407 e. The number of H-pyrrole nitrogens is 1. The number of methoxy groups -OCH3 is 1. The maximum atomic E-state index is 12.9. The van der Waals surface area contributed by atoms with E-state index in [1.54, 1.807) is 33.9 Å². The number of aromatic nitrogens is 1. The van der Waals surface area contributed by atoms with Gasteiger partial charge in [0.15, 0.2) is 5.79 Å². The number of hydrogen-bond acceptors (Lipinski definition) is 8. The van der Waals surface area contributed by atoms with Crippen molar-refractivity contribution in [1.29, 1.82) is 0 Å². The second-order valence-electron chi connectivity index (χ2n) is 12.1. The highest BCUT2D eigenvalue weighted by Gasteiger charge is 2.57. The van der Waals surface area contributed by atoms with Gasteiger partial charge in [0.1, 0.15) is 29.7 Å². The Balaban J connectivity index is 1.37. The molecule has 3 aliphatic heterocycles. The summed E-state index contributed by atoms with van der Waals surface area (Å²) in [5.41, 5.74) is 2.40. The van der Waals surface area contributed by atoms with E-state index < -0.39 is 53.7 Å². The molecule has 2 aromatic carbocycles. The average molecular weight is 580 g/mol. The normalized spacial score (nSPS) is 24.6. The van der Waals surface area contributed by atoms with E-state index in [0.717, 1.165) is 22.0 Å². The summed E-state index contributed by atoms with van der Waals surface area (Å²) in [7, 11) is 1.58. The van der Waals surface area contributed by atoms with Crippen molar-refractivity contribution in [2.24, 2.45) is 0 Å². The molecule has 1 aromatic heterocycles. The molecule has 11 nitrogen and oxygen atoms in total. The van der Waals surface area contributed by atoms with Crippen LogP contribution in [0.4, 0.5) is 4.79 Å². The van der Waals surface area contributed by atoms with Gasteiger partial charge in [-0.2, -0.15) is 0 Å². The summed E-state index contributed by atoms with van der Waals surface area (Å²) in [5, 5.41) is 6.70. The Morgan fingerprint density at radius 2 is 1.76 bits per heavy atom. The fourth-order valence-electron chi connectivity index (χ4n) is 6.30. The van der Waals surface area contributed by atoms with Crippen LogP contribution in [0.2, 0.25) is 0 Å². The molecular formula is C31H37N3O8. The number of amides is 3. The van der Waals surface area contributed by atoms with E-state index in [4.69, 9.17) is 23.7 Å². The molecule has 3 N–H and O–H groups in total. The fourth-order valence-corrected chi connectivity index (χ4v) is 6.30. The number of alkyl carbamates (subject to hydrolysis) is 1. The van der Waals surface area contributed by atoms with Crippen LogP contribution in [0.15, 0.2) is 24.3 Å². The summed E-state index contributed by atoms with van der Waals surface area (Å²) >= 11 is 0. The molecule has 4 heterocycles. The van der Waals surface area contributed by atoms with Gasteiger partial charge in [0.05, 0.1) is 29.9 Å². The molecule has 3 aliphatic rings. The van der Waals surface area contributed by atoms with Crippen LogP contribution < -0.4 is 15.4 Å². The largest absolute Gasteiger partial charge is 0.497 e. The van der Waals surface area contributed by atoms with Gasteiger partial charge in [-0.05, 0) is 63.4 Å². The third-order valence-corrected chi connectivity index (χ3v) is 8.32. The van der Waals surface area contributed by atoms with Crippen LogP contribution in [0.5, 0.6) is 5.75 Å². The number of carbonyl (C=O) groups is 3. The van der Waals surface area contributed by atoms with Gasteiger partial charge in [-0.3, -0.25) is 14.9 Å². The zero-order valence-corrected chi connectivity index (χ0v) is 24.7. The minimum Gasteiger partial charge on any atom is -0.497 e. The monoisotopic (exact) mass is 579 g/mol. The zero-order chi connectivity index (χ0) is 30.0. The van der Waals surface area contributed by atoms with Crippen molar-refractivity contribution in [2.75, 3.05) is 13.7 Å². The number of ether oxygens (including phenoxy) is 5. The molecule has 0 aliphatic carbocycles. The molecule has 3 aromatic rings. The van der Waals surface area contributed by atoms with Crippen molar-refractivity contribution in [3.8, 4) is 5.75 Å². The molecule has 0 radical (unpaired) electrons. The van der Waals surface area contributed by atoms with E-state index in [2.05, 4.69) is 15.6 Å². The van der Waals surface area contributed by atoms with E-state index in [1.165, 1.54) is 0 Å². The van der Waals surface area contributed by atoms with Gasteiger partial charge in [-0.1, -0.05) is 13.8 Å². The summed E-state index contributed by atoms with van der Waals surface area (Å²) in [6.45, 7) is 9.64. The third kappa shape index (κ3) is 4.79. The molecule has 224 valence electrons. The Kier molecular flexibility index (Phi) is 6.94. The van der Waals surface area contributed by atoms with Crippen molar-refractivity contribution in [2.45, 2.75) is 89.7 Å². The molecule has 42 heavy (non-hydrogen) atoms. The number of fused-ring (bicyclic) bond motifs is 6. The Bertz CT molecular complexity index is 1580. The van der Waals surface area contributed by atoms with Crippen molar-refractivity contribution < 1.29 is 38.1 Å². The van der Waals surface area contributed by atoms with Crippen LogP contribution in [0, 0.1) is 0 Å². The Morgan fingerprint density at radius 1 is 1.05 bits per heavy atom. The second kappa shape index (κ2) is 10.3. The molecule has 0 spiro atoms. The van der Waals surface area contributed by atoms with Crippen LogP contribution in [0.25, 0.3) is 21.8 Å². The summed E-state index contributed by atoms with van der Waals surface area (Å²) < 4.78 is 30.4. The first-order chi connectivity index (χ1) is 20.0. The highest BCUT2D eigenvalue weighted by Crippen LogP contribution is 2.44. The summed E-state index contributed by atoms with van der Waals surface area (Å²) in [5.74, 6) is -0.972. The average Bonchev–Trinajstić information content (AvgIpc) is 3.67. The Hall–Kier alpha value is -3.67. The number of imide groups is 1. The minimum absolute atomic E-state index is 0.183. The quantitative estimate of drug-likeness (QED) is 0.352. The van der Waals surface area contributed by atoms with E-state index in [1.807, 2.05) is 32.0 Å². The van der Waals surface area contributed by atoms with Crippen LogP contribution in [0.3, 0.4) is 0 Å². The lowest BCUT2D eigenvalue weighted by atomic mass is 9.94. The van der Waals surface area contributed by atoms with E-state index in [9.17, 15) is 14.4 Å². The lowest BCUT2D eigenvalue weighted by molar-refractivity contribution is -0.211. The van der Waals surface area contributed by atoms with E-state index >= 15 is 0 Å². The van der Waals surface area contributed by atoms with E-state index in [-0.39, 0.29) is 6.54 Å². The molecular weight excluding hydrogens is 542 g/mol. The zero-order valence-electron chi connectivity index (χ0n) is 24.7. The second-order valence-corrected chi connectivity index (χ2v) is 12.1. The maximum absolute atomic E-state index is 12.9. The number of rotatable bonds is 7. The molecule has 6 rings (SSSR count). The first kappa shape index (κ1) is 28.4. The van der Waals surface area contributed by atoms with Crippen LogP contribution in [-0.4, -0.2) is 72.4 Å². The molecule has 2 saturated heterocycles. The fraction of sp³-hybridized carbons (Fsp3) is 0.516. The SMILES string of the molecule is CCC1(CC)O[C@@H]2[C@H](O1)[C@@H](CNC(=O)OC(C)(C)C)O[C@H]2Cc1cc2c(c3c1[nH]c1ccc(OC)cc13)C(=O)NC2=O. The number of aromatic amines is 1. The smallest absolute Gasteiger partial charge is 0.407 e. The number of nitrogens with one attached hydrogen (secondary N) is 3.